The maximum Gasteiger partial charge on any atom is 0.422 e. The van der Waals surface area contributed by atoms with Gasteiger partial charge in [-0.2, -0.15) is 23.1 Å². The van der Waals surface area contributed by atoms with E-state index < -0.39 is 31.2 Å². The number of pyridine rings is 1. The Kier molecular flexibility index (Phi) is 6.49. The molecule has 2 aliphatic rings. The molecule has 2 aliphatic heterocycles. The maximum atomic E-state index is 16.1. The van der Waals surface area contributed by atoms with E-state index in [1.165, 1.54) is 6.20 Å². The Morgan fingerprint density at radius 2 is 1.72 bits per heavy atom. The Morgan fingerprint density at radius 3 is 2.44 bits per heavy atom. The molecule has 0 unspecified atom stereocenters. The summed E-state index contributed by atoms with van der Waals surface area (Å²) < 4.78 is 79.8. The van der Waals surface area contributed by atoms with Gasteiger partial charge < -0.3 is 9.47 Å². The number of ether oxygens (including phenoxy) is 2. The van der Waals surface area contributed by atoms with Crippen molar-refractivity contribution < 1.29 is 31.4 Å². The normalized spacial score (nSPS) is 17.2. The quantitative estimate of drug-likeness (QED) is 0.251. The van der Waals surface area contributed by atoms with Crippen LogP contribution in [0.4, 0.5) is 22.0 Å². The highest BCUT2D eigenvalue weighted by Gasteiger charge is 2.45. The van der Waals surface area contributed by atoms with E-state index in [0.717, 1.165) is 38.8 Å². The molecule has 4 heterocycles. The monoisotopic (exact) mass is 544 g/mol. The number of halogens is 5. The number of nitrogens with zero attached hydrogens (tertiary/aromatic N) is 4. The summed E-state index contributed by atoms with van der Waals surface area (Å²) in [5.74, 6) is -1.36. The average Bonchev–Trinajstić information content (AvgIpc) is 3.51. The van der Waals surface area contributed by atoms with Crippen LogP contribution in [0.5, 0.6) is 11.9 Å². The molecule has 2 saturated heterocycles. The van der Waals surface area contributed by atoms with Crippen LogP contribution in [-0.2, 0) is 6.67 Å². The predicted molar refractivity (Wildman–Crippen MR) is 135 cm³/mol. The lowest BCUT2D eigenvalue weighted by Crippen LogP contribution is -2.43. The minimum absolute atomic E-state index is 0.114. The van der Waals surface area contributed by atoms with E-state index in [-0.39, 0.29) is 34.8 Å². The van der Waals surface area contributed by atoms with Crippen molar-refractivity contribution in [3.05, 3.63) is 54.0 Å². The number of benzene rings is 2. The van der Waals surface area contributed by atoms with Gasteiger partial charge in [-0.25, -0.2) is 8.78 Å². The highest BCUT2D eigenvalue weighted by molar-refractivity contribution is 6.00. The minimum Gasteiger partial charge on any atom is -0.467 e. The van der Waals surface area contributed by atoms with E-state index >= 15 is 4.39 Å². The van der Waals surface area contributed by atoms with Crippen molar-refractivity contribution in [1.29, 1.82) is 0 Å². The number of aromatic nitrogens is 3. The van der Waals surface area contributed by atoms with Crippen molar-refractivity contribution in [2.24, 2.45) is 0 Å². The molecule has 2 fully saturated rings. The molecule has 2 aromatic heterocycles. The van der Waals surface area contributed by atoms with Crippen LogP contribution in [0.3, 0.4) is 0 Å². The summed E-state index contributed by atoms with van der Waals surface area (Å²) >= 11 is 0. The third kappa shape index (κ3) is 4.73. The fraction of sp³-hybridized carbons (Fsp3) is 0.393. The predicted octanol–water partition coefficient (Wildman–Crippen LogP) is 6.40. The molecule has 0 aliphatic carbocycles. The van der Waals surface area contributed by atoms with Gasteiger partial charge in [-0.1, -0.05) is 36.4 Å². The summed E-state index contributed by atoms with van der Waals surface area (Å²) in [5.41, 5.74) is 0.118. The summed E-state index contributed by atoms with van der Waals surface area (Å²) in [4.78, 5) is 14.9. The zero-order valence-electron chi connectivity index (χ0n) is 20.9. The molecule has 4 aromatic rings. The molecule has 0 radical (unpaired) electrons. The second-order valence-corrected chi connectivity index (χ2v) is 10.1. The van der Waals surface area contributed by atoms with Crippen LogP contribution in [0.15, 0.2) is 42.6 Å². The summed E-state index contributed by atoms with van der Waals surface area (Å²) in [6.45, 7) is -0.241. The van der Waals surface area contributed by atoms with Crippen molar-refractivity contribution in [3.8, 4) is 23.1 Å². The van der Waals surface area contributed by atoms with Crippen LogP contribution < -0.4 is 9.47 Å². The second-order valence-electron chi connectivity index (χ2n) is 10.1. The molecule has 0 spiro atoms. The first-order chi connectivity index (χ1) is 18.8. The molecule has 0 N–H and O–H groups in total. The first-order valence-corrected chi connectivity index (χ1v) is 12.8. The number of hydrogen-bond acceptors (Lipinski definition) is 6. The van der Waals surface area contributed by atoms with E-state index in [9.17, 15) is 17.6 Å². The Balaban J connectivity index is 1.45. The standard InChI is InChI=1S/C28H25F5N4O2/c29-13-18-7-1-5-17-6-2-8-19(21(17)18)23-22(30)24-20(14-34-23)25(38-16-28(31,32)33)36-26(35-24)39-15-27-9-3-11-37(27)12-4-10-27/h1-2,5-8,14H,3-4,9-13,15-16H2. The van der Waals surface area contributed by atoms with E-state index in [2.05, 4.69) is 19.9 Å². The first-order valence-electron chi connectivity index (χ1n) is 12.8. The highest BCUT2D eigenvalue weighted by Crippen LogP contribution is 2.40. The van der Waals surface area contributed by atoms with Crippen molar-refractivity contribution in [3.63, 3.8) is 0 Å². The van der Waals surface area contributed by atoms with Gasteiger partial charge in [-0.3, -0.25) is 9.88 Å². The summed E-state index contributed by atoms with van der Waals surface area (Å²) in [6.07, 6.45) is 0.448. The largest absolute Gasteiger partial charge is 0.467 e. The van der Waals surface area contributed by atoms with Gasteiger partial charge in [-0.05, 0) is 55.1 Å². The third-order valence-corrected chi connectivity index (χ3v) is 7.67. The van der Waals surface area contributed by atoms with Crippen LogP contribution in [0.1, 0.15) is 31.2 Å². The van der Waals surface area contributed by atoms with Gasteiger partial charge in [0.05, 0.1) is 10.9 Å². The molecular weight excluding hydrogens is 519 g/mol. The van der Waals surface area contributed by atoms with Crippen LogP contribution in [0.25, 0.3) is 32.9 Å². The molecular formula is C28H25F5N4O2. The lowest BCUT2D eigenvalue weighted by atomic mass is 9.95. The van der Waals surface area contributed by atoms with Crippen LogP contribution in [0, 0.1) is 5.82 Å². The summed E-state index contributed by atoms with van der Waals surface area (Å²) in [5, 5.41) is 1.07. The Bertz CT molecular complexity index is 1530. The summed E-state index contributed by atoms with van der Waals surface area (Å²) in [7, 11) is 0. The van der Waals surface area contributed by atoms with E-state index in [1.54, 1.807) is 36.4 Å². The molecule has 39 heavy (non-hydrogen) atoms. The molecule has 0 saturated carbocycles. The van der Waals surface area contributed by atoms with E-state index in [0.29, 0.717) is 21.9 Å². The Morgan fingerprint density at radius 1 is 0.974 bits per heavy atom. The molecule has 6 nitrogen and oxygen atoms in total. The van der Waals surface area contributed by atoms with E-state index in [1.807, 2.05) is 0 Å². The molecule has 0 bridgehead atoms. The number of alkyl halides is 4. The van der Waals surface area contributed by atoms with Crippen molar-refractivity contribution >= 4 is 21.7 Å². The Hall–Kier alpha value is -3.60. The highest BCUT2D eigenvalue weighted by atomic mass is 19.4. The van der Waals surface area contributed by atoms with Crippen LogP contribution >= 0.6 is 0 Å². The van der Waals surface area contributed by atoms with Gasteiger partial charge in [0, 0.05) is 11.8 Å². The third-order valence-electron chi connectivity index (χ3n) is 7.67. The second kappa shape index (κ2) is 9.86. The molecule has 6 rings (SSSR count). The van der Waals surface area contributed by atoms with Crippen molar-refractivity contribution in [2.75, 3.05) is 26.3 Å². The van der Waals surface area contributed by atoms with Gasteiger partial charge in [0.15, 0.2) is 12.4 Å². The molecule has 0 atom stereocenters. The number of rotatable bonds is 7. The zero-order valence-corrected chi connectivity index (χ0v) is 20.9. The number of hydrogen-bond donors (Lipinski definition) is 0. The van der Waals surface area contributed by atoms with Crippen molar-refractivity contribution in [1.82, 2.24) is 19.9 Å². The SMILES string of the molecule is FCc1cccc2cccc(-c3ncc4c(OCC(F)(F)F)nc(OCC56CCCN5CCC6)nc4c3F)c12. The topological polar surface area (TPSA) is 60.4 Å². The van der Waals surface area contributed by atoms with Crippen molar-refractivity contribution in [2.45, 2.75) is 44.1 Å². The molecule has 204 valence electrons. The maximum absolute atomic E-state index is 16.1. The fourth-order valence-corrected chi connectivity index (χ4v) is 5.91. The Labute approximate surface area is 220 Å². The molecule has 11 heteroatoms. The number of fused-ring (bicyclic) bond motifs is 3. The molecule has 2 aromatic carbocycles. The molecule has 0 amide bonds. The lowest BCUT2D eigenvalue weighted by molar-refractivity contribution is -0.153. The van der Waals surface area contributed by atoms with Gasteiger partial charge in [-0.15, -0.1) is 0 Å². The average molecular weight is 545 g/mol. The van der Waals surface area contributed by atoms with Crippen LogP contribution in [-0.4, -0.2) is 57.9 Å². The smallest absolute Gasteiger partial charge is 0.422 e. The van der Waals surface area contributed by atoms with Gasteiger partial charge in [0.25, 0.3) is 0 Å². The zero-order chi connectivity index (χ0) is 27.2. The summed E-state index contributed by atoms with van der Waals surface area (Å²) in [6, 6.07) is 9.92. The van der Waals surface area contributed by atoms with Gasteiger partial charge >= 0.3 is 12.2 Å². The van der Waals surface area contributed by atoms with E-state index in [4.69, 9.17) is 9.47 Å². The first kappa shape index (κ1) is 25.7. The van der Waals surface area contributed by atoms with Gasteiger partial charge in [0.2, 0.25) is 5.88 Å². The van der Waals surface area contributed by atoms with Gasteiger partial charge in [0.1, 0.15) is 24.5 Å². The van der Waals surface area contributed by atoms with Crippen LogP contribution in [0.2, 0.25) is 0 Å². The minimum atomic E-state index is -4.64. The fourth-order valence-electron chi connectivity index (χ4n) is 5.91. The lowest BCUT2D eigenvalue weighted by Gasteiger charge is -2.31.